The van der Waals surface area contributed by atoms with Crippen LogP contribution in [-0.4, -0.2) is 47.9 Å². The van der Waals surface area contributed by atoms with Gasteiger partial charge in [0.15, 0.2) is 0 Å². The molecule has 2 aliphatic rings. The summed E-state index contributed by atoms with van der Waals surface area (Å²) in [5.41, 5.74) is 5.29. The van der Waals surface area contributed by atoms with Crippen molar-refractivity contribution in [3.63, 3.8) is 0 Å². The van der Waals surface area contributed by atoms with E-state index in [1.807, 2.05) is 4.90 Å². The van der Waals surface area contributed by atoms with E-state index in [-0.39, 0.29) is 17.9 Å². The highest BCUT2D eigenvalue weighted by Crippen LogP contribution is 2.19. The summed E-state index contributed by atoms with van der Waals surface area (Å²) in [7, 11) is 0. The van der Waals surface area contributed by atoms with E-state index in [0.29, 0.717) is 6.54 Å². The SMILES string of the molecule is NC(=O)C1CCCN(C(=O)N2CCCC2)C1. The first kappa shape index (κ1) is 11.2. The highest BCUT2D eigenvalue weighted by atomic mass is 16.2. The number of urea groups is 1. The van der Waals surface area contributed by atoms with Gasteiger partial charge in [0, 0.05) is 26.2 Å². The smallest absolute Gasteiger partial charge is 0.320 e. The lowest BCUT2D eigenvalue weighted by Gasteiger charge is -2.34. The van der Waals surface area contributed by atoms with E-state index in [0.717, 1.165) is 45.3 Å². The number of amides is 3. The van der Waals surface area contributed by atoms with Crippen molar-refractivity contribution in [2.75, 3.05) is 26.2 Å². The molecule has 0 radical (unpaired) electrons. The molecule has 90 valence electrons. The van der Waals surface area contributed by atoms with E-state index in [1.165, 1.54) is 0 Å². The molecule has 1 unspecified atom stereocenters. The first-order chi connectivity index (χ1) is 7.68. The number of piperidine rings is 1. The molecule has 0 bridgehead atoms. The third-order valence-corrected chi connectivity index (χ3v) is 3.47. The standard InChI is InChI=1S/C11H19N3O2/c12-10(15)9-4-3-7-14(8-9)11(16)13-5-1-2-6-13/h9H,1-8H2,(H2,12,15). The van der Waals surface area contributed by atoms with Gasteiger partial charge < -0.3 is 15.5 Å². The van der Waals surface area contributed by atoms with Gasteiger partial charge in [-0.05, 0) is 25.7 Å². The lowest BCUT2D eigenvalue weighted by atomic mass is 9.98. The molecule has 0 aromatic rings. The Morgan fingerprint density at radius 2 is 1.62 bits per heavy atom. The fourth-order valence-electron chi connectivity index (χ4n) is 2.49. The molecule has 2 N–H and O–H groups in total. The minimum absolute atomic E-state index is 0.0865. The third-order valence-electron chi connectivity index (χ3n) is 3.47. The zero-order valence-corrected chi connectivity index (χ0v) is 9.52. The molecular formula is C11H19N3O2. The number of nitrogens with zero attached hydrogens (tertiary/aromatic N) is 2. The van der Waals surface area contributed by atoms with Crippen LogP contribution in [0.5, 0.6) is 0 Å². The Morgan fingerprint density at radius 3 is 2.25 bits per heavy atom. The predicted molar refractivity (Wildman–Crippen MR) is 59.7 cm³/mol. The summed E-state index contributed by atoms with van der Waals surface area (Å²) in [5, 5.41) is 0. The Bertz CT molecular complexity index is 287. The quantitative estimate of drug-likeness (QED) is 0.702. The minimum atomic E-state index is -0.279. The molecule has 5 nitrogen and oxygen atoms in total. The van der Waals surface area contributed by atoms with Crippen LogP contribution in [-0.2, 0) is 4.79 Å². The average Bonchev–Trinajstić information content (AvgIpc) is 2.81. The molecule has 0 saturated carbocycles. The van der Waals surface area contributed by atoms with Gasteiger partial charge in [0.1, 0.15) is 0 Å². The molecule has 0 aromatic heterocycles. The zero-order valence-electron chi connectivity index (χ0n) is 9.52. The first-order valence-electron chi connectivity index (χ1n) is 6.01. The van der Waals surface area contributed by atoms with E-state index in [1.54, 1.807) is 4.90 Å². The monoisotopic (exact) mass is 225 g/mol. The molecule has 1 atom stereocenters. The van der Waals surface area contributed by atoms with Crippen LogP contribution >= 0.6 is 0 Å². The fourth-order valence-corrected chi connectivity index (χ4v) is 2.49. The van der Waals surface area contributed by atoms with Gasteiger partial charge in [-0.2, -0.15) is 0 Å². The summed E-state index contributed by atoms with van der Waals surface area (Å²) in [5.74, 6) is -0.431. The van der Waals surface area contributed by atoms with Gasteiger partial charge >= 0.3 is 6.03 Å². The number of carbonyl (C=O) groups excluding carboxylic acids is 2. The summed E-state index contributed by atoms with van der Waals surface area (Å²) >= 11 is 0. The third kappa shape index (κ3) is 2.28. The van der Waals surface area contributed by atoms with Crippen LogP contribution in [0.1, 0.15) is 25.7 Å². The van der Waals surface area contributed by atoms with Gasteiger partial charge in [-0.1, -0.05) is 0 Å². The Labute approximate surface area is 95.6 Å². The summed E-state index contributed by atoms with van der Waals surface area (Å²) in [4.78, 5) is 26.8. The molecular weight excluding hydrogens is 206 g/mol. The second kappa shape index (κ2) is 4.72. The molecule has 2 fully saturated rings. The summed E-state index contributed by atoms with van der Waals surface area (Å²) in [6.45, 7) is 2.98. The fraction of sp³-hybridized carbons (Fsp3) is 0.818. The van der Waals surface area contributed by atoms with Crippen LogP contribution in [0.15, 0.2) is 0 Å². The van der Waals surface area contributed by atoms with Crippen molar-refractivity contribution in [1.82, 2.24) is 9.80 Å². The maximum absolute atomic E-state index is 12.1. The van der Waals surface area contributed by atoms with E-state index in [2.05, 4.69) is 0 Å². The van der Waals surface area contributed by atoms with Crippen molar-refractivity contribution in [3.8, 4) is 0 Å². The molecule has 2 saturated heterocycles. The number of hydrogen-bond donors (Lipinski definition) is 1. The molecule has 0 aliphatic carbocycles. The maximum atomic E-state index is 12.1. The van der Waals surface area contributed by atoms with Gasteiger partial charge in [0.25, 0.3) is 0 Å². The first-order valence-corrected chi connectivity index (χ1v) is 6.01. The molecule has 5 heteroatoms. The van der Waals surface area contributed by atoms with Gasteiger partial charge in [-0.3, -0.25) is 4.79 Å². The molecule has 16 heavy (non-hydrogen) atoms. The van der Waals surface area contributed by atoms with Gasteiger partial charge in [0.05, 0.1) is 5.92 Å². The van der Waals surface area contributed by atoms with Crippen LogP contribution in [0.4, 0.5) is 4.79 Å². The minimum Gasteiger partial charge on any atom is -0.369 e. The van der Waals surface area contributed by atoms with Crippen molar-refractivity contribution in [1.29, 1.82) is 0 Å². The van der Waals surface area contributed by atoms with Crippen molar-refractivity contribution in [2.24, 2.45) is 11.7 Å². The summed E-state index contributed by atoms with van der Waals surface area (Å²) < 4.78 is 0. The normalized spacial score (nSPS) is 25.9. The Balaban J connectivity index is 1.93. The van der Waals surface area contributed by atoms with Crippen molar-refractivity contribution in [2.45, 2.75) is 25.7 Å². The van der Waals surface area contributed by atoms with E-state index in [9.17, 15) is 9.59 Å². The highest BCUT2D eigenvalue weighted by molar-refractivity contribution is 5.79. The lowest BCUT2D eigenvalue weighted by Crippen LogP contribution is -2.48. The summed E-state index contributed by atoms with van der Waals surface area (Å²) in [6, 6.07) is 0.0865. The Morgan fingerprint density at radius 1 is 1.00 bits per heavy atom. The van der Waals surface area contributed by atoms with E-state index >= 15 is 0 Å². The second-order valence-electron chi connectivity index (χ2n) is 4.66. The van der Waals surface area contributed by atoms with Crippen LogP contribution in [0.3, 0.4) is 0 Å². The zero-order chi connectivity index (χ0) is 11.5. The van der Waals surface area contributed by atoms with Gasteiger partial charge in [0.2, 0.25) is 5.91 Å². The van der Waals surface area contributed by atoms with Crippen molar-refractivity contribution >= 4 is 11.9 Å². The van der Waals surface area contributed by atoms with Crippen molar-refractivity contribution in [3.05, 3.63) is 0 Å². The number of hydrogen-bond acceptors (Lipinski definition) is 2. The molecule has 2 aliphatic heterocycles. The predicted octanol–water partition coefficient (Wildman–Crippen LogP) is 0.399. The van der Waals surface area contributed by atoms with Gasteiger partial charge in [-0.15, -0.1) is 0 Å². The number of likely N-dealkylation sites (tertiary alicyclic amines) is 2. The second-order valence-corrected chi connectivity index (χ2v) is 4.66. The van der Waals surface area contributed by atoms with Crippen LogP contribution < -0.4 is 5.73 Å². The van der Waals surface area contributed by atoms with Crippen molar-refractivity contribution < 1.29 is 9.59 Å². The van der Waals surface area contributed by atoms with E-state index < -0.39 is 0 Å². The van der Waals surface area contributed by atoms with Crippen LogP contribution in [0.2, 0.25) is 0 Å². The average molecular weight is 225 g/mol. The maximum Gasteiger partial charge on any atom is 0.320 e. The van der Waals surface area contributed by atoms with Crippen LogP contribution in [0, 0.1) is 5.92 Å². The molecule has 2 heterocycles. The lowest BCUT2D eigenvalue weighted by molar-refractivity contribution is -0.123. The number of carbonyl (C=O) groups is 2. The molecule has 0 spiro atoms. The van der Waals surface area contributed by atoms with Gasteiger partial charge in [-0.25, -0.2) is 4.79 Å². The topological polar surface area (TPSA) is 66.6 Å². The van der Waals surface area contributed by atoms with Crippen LogP contribution in [0.25, 0.3) is 0 Å². The molecule has 3 amide bonds. The number of primary amides is 1. The summed E-state index contributed by atoms with van der Waals surface area (Å²) in [6.07, 6.45) is 3.89. The Kier molecular flexibility index (Phi) is 3.31. The highest BCUT2D eigenvalue weighted by Gasteiger charge is 2.30. The van der Waals surface area contributed by atoms with E-state index in [4.69, 9.17) is 5.73 Å². The molecule has 2 rings (SSSR count). The number of rotatable bonds is 1. The Hall–Kier alpha value is -1.26. The largest absolute Gasteiger partial charge is 0.369 e. The molecule has 0 aromatic carbocycles. The number of nitrogens with two attached hydrogens (primary N) is 1.